The van der Waals surface area contributed by atoms with Crippen LogP contribution in [-0.4, -0.2) is 44.9 Å². The fourth-order valence-corrected chi connectivity index (χ4v) is 1.73. The van der Waals surface area contributed by atoms with Crippen LogP contribution in [0, 0.1) is 30.3 Å². The molecular formula is C6H5N13O6. The molecule has 25 heavy (non-hydrogen) atoms. The lowest BCUT2D eigenvalue weighted by Crippen LogP contribution is -2.24. The van der Waals surface area contributed by atoms with Gasteiger partial charge in [0.2, 0.25) is 5.82 Å². The number of aromatic amines is 1. The van der Waals surface area contributed by atoms with Crippen LogP contribution in [-0.2, 0) is 13.1 Å². The molecule has 0 atom stereocenters. The topological polar surface area (TPSA) is 255 Å². The van der Waals surface area contributed by atoms with E-state index in [4.69, 9.17) is 5.53 Å². The highest BCUT2D eigenvalue weighted by Gasteiger charge is 2.37. The molecule has 19 heteroatoms. The fraction of sp³-hybridized carbons (Fsp3) is 0.333. The van der Waals surface area contributed by atoms with Crippen molar-refractivity contribution in [2.45, 2.75) is 13.1 Å². The molecule has 0 saturated carbocycles. The molecule has 0 spiro atoms. The summed E-state index contributed by atoms with van der Waals surface area (Å²) >= 11 is 0. The largest absolute Gasteiger partial charge is 0.468 e. The standard InChI is InChI=1S/C6H5N13O6/c7-12-8-4-3(17(20)21)5(18(22)23)10-15(4)1-2-16-6(9-13-14-16)11-19(24)25/h1-2H2,(H,9,11,14). The first-order valence-electron chi connectivity index (χ1n) is 5.96. The van der Waals surface area contributed by atoms with Crippen LogP contribution < -0.4 is 5.62 Å². The van der Waals surface area contributed by atoms with E-state index in [-0.39, 0.29) is 13.1 Å². The van der Waals surface area contributed by atoms with Gasteiger partial charge in [-0.25, -0.2) is 14.8 Å². The van der Waals surface area contributed by atoms with Gasteiger partial charge in [-0.3, -0.25) is 10.1 Å². The molecule has 130 valence electrons. The highest BCUT2D eigenvalue weighted by Crippen LogP contribution is 2.36. The minimum atomic E-state index is -1.12. The highest BCUT2D eigenvalue weighted by atomic mass is 16.7. The molecule has 0 aliphatic carbocycles. The molecule has 2 heterocycles. The van der Waals surface area contributed by atoms with E-state index < -0.39 is 37.8 Å². The highest BCUT2D eigenvalue weighted by molar-refractivity contribution is 5.62. The quantitative estimate of drug-likeness (QED) is 0.217. The fourth-order valence-electron chi connectivity index (χ4n) is 1.73. The van der Waals surface area contributed by atoms with Crippen molar-refractivity contribution in [3.05, 3.63) is 46.4 Å². The second-order valence-corrected chi connectivity index (χ2v) is 4.01. The van der Waals surface area contributed by atoms with E-state index in [1.54, 1.807) is 0 Å². The van der Waals surface area contributed by atoms with Crippen molar-refractivity contribution in [3.8, 4) is 0 Å². The first-order chi connectivity index (χ1) is 11.8. The number of tetrazole rings is 1. The SMILES string of the molecule is [N-]=[N+]=Nc1c([N+](=O)[O-])c([N+](=O)[O-])nn1CCn1[nH]nn/c1=N\[N+](=O)[O-]. The first-order valence-corrected chi connectivity index (χ1v) is 5.96. The predicted molar refractivity (Wildman–Crippen MR) is 71.3 cm³/mol. The molecule has 0 radical (unpaired) electrons. The third kappa shape index (κ3) is 3.50. The average Bonchev–Trinajstić information content (AvgIpc) is 3.09. The molecule has 2 aromatic rings. The smallest absolute Gasteiger partial charge is 0.358 e. The van der Waals surface area contributed by atoms with Crippen LogP contribution in [0.25, 0.3) is 10.4 Å². The molecule has 0 saturated heterocycles. The van der Waals surface area contributed by atoms with Gasteiger partial charge >= 0.3 is 17.1 Å². The molecule has 0 bridgehead atoms. The molecule has 2 aromatic heterocycles. The molecule has 0 aromatic carbocycles. The van der Waals surface area contributed by atoms with Gasteiger partial charge in [-0.05, 0) is 20.8 Å². The van der Waals surface area contributed by atoms with Gasteiger partial charge in [0.15, 0.2) is 5.03 Å². The monoisotopic (exact) mass is 355 g/mol. The maximum absolute atomic E-state index is 11.0. The molecule has 0 amide bonds. The Balaban J connectivity index is 2.44. The number of hydrogen-bond acceptors (Lipinski definition) is 10. The predicted octanol–water partition coefficient (Wildman–Crippen LogP) is -0.646. The Labute approximate surface area is 133 Å². The van der Waals surface area contributed by atoms with Gasteiger partial charge < -0.3 is 10.1 Å². The summed E-state index contributed by atoms with van der Waals surface area (Å²) in [5.41, 5.74) is 6.99. The average molecular weight is 355 g/mol. The normalized spacial score (nSPS) is 11.1. The van der Waals surface area contributed by atoms with Crippen molar-refractivity contribution >= 4 is 17.3 Å². The summed E-state index contributed by atoms with van der Waals surface area (Å²) in [4.78, 5) is 32.4. The van der Waals surface area contributed by atoms with Crippen molar-refractivity contribution in [2.24, 2.45) is 10.2 Å². The number of nitro groups is 3. The third-order valence-electron chi connectivity index (χ3n) is 2.63. The summed E-state index contributed by atoms with van der Waals surface area (Å²) in [5.74, 6) is -1.81. The van der Waals surface area contributed by atoms with Crippen molar-refractivity contribution in [1.82, 2.24) is 30.0 Å². The van der Waals surface area contributed by atoms with Crippen molar-refractivity contribution in [2.75, 3.05) is 0 Å². The number of hydrogen-bond donors (Lipinski definition) is 1. The maximum atomic E-state index is 11.0. The lowest BCUT2D eigenvalue weighted by atomic mass is 10.5. The van der Waals surface area contributed by atoms with Gasteiger partial charge in [0.05, 0.1) is 23.1 Å². The van der Waals surface area contributed by atoms with E-state index in [1.807, 2.05) is 0 Å². The van der Waals surface area contributed by atoms with Crippen molar-refractivity contribution < 1.29 is 14.9 Å². The van der Waals surface area contributed by atoms with Crippen LogP contribution in [0.1, 0.15) is 0 Å². The van der Waals surface area contributed by atoms with E-state index in [0.29, 0.717) is 4.68 Å². The zero-order valence-electron chi connectivity index (χ0n) is 11.7. The summed E-state index contributed by atoms with van der Waals surface area (Å²) < 4.78 is 1.68. The molecule has 0 unspecified atom stereocenters. The number of aryl methyl sites for hydroxylation is 2. The minimum Gasteiger partial charge on any atom is -0.358 e. The van der Waals surface area contributed by atoms with E-state index in [0.717, 1.165) is 4.68 Å². The number of rotatable bonds is 7. The van der Waals surface area contributed by atoms with Crippen molar-refractivity contribution in [1.29, 1.82) is 0 Å². The van der Waals surface area contributed by atoms with Gasteiger partial charge in [-0.1, -0.05) is 5.10 Å². The number of H-pyrrole nitrogens is 1. The number of nitrogens with one attached hydrogen (secondary N) is 1. The van der Waals surface area contributed by atoms with Crippen LogP contribution >= 0.6 is 0 Å². The van der Waals surface area contributed by atoms with E-state index >= 15 is 0 Å². The number of nitrogens with zero attached hydrogens (tertiary/aromatic N) is 12. The Kier molecular flexibility index (Phi) is 4.60. The Hall–Kier alpha value is -4.41. The summed E-state index contributed by atoms with van der Waals surface area (Å²) in [6, 6.07) is 0. The number of azide groups is 1. The Morgan fingerprint density at radius 3 is 2.48 bits per heavy atom. The second kappa shape index (κ2) is 6.78. The lowest BCUT2D eigenvalue weighted by molar-refractivity contribution is -0.491. The summed E-state index contributed by atoms with van der Waals surface area (Å²) in [6.07, 6.45) is 0. The minimum absolute atomic E-state index is 0.205. The van der Waals surface area contributed by atoms with Gasteiger partial charge in [-0.15, -0.1) is 0 Å². The summed E-state index contributed by atoms with van der Waals surface area (Å²) in [5, 5.41) is 49.4. The van der Waals surface area contributed by atoms with Gasteiger partial charge in [0, 0.05) is 4.91 Å². The van der Waals surface area contributed by atoms with Crippen LogP contribution in [0.5, 0.6) is 0 Å². The van der Waals surface area contributed by atoms with Crippen LogP contribution in [0.3, 0.4) is 0 Å². The molecule has 0 aliphatic heterocycles. The molecule has 2 rings (SSSR count). The zero-order valence-corrected chi connectivity index (χ0v) is 11.7. The molecule has 19 nitrogen and oxygen atoms in total. The van der Waals surface area contributed by atoms with Crippen LogP contribution in [0.4, 0.5) is 17.3 Å². The molecule has 0 aliphatic rings. The molecular weight excluding hydrogens is 350 g/mol. The first kappa shape index (κ1) is 17.0. The zero-order chi connectivity index (χ0) is 18.6. The maximum Gasteiger partial charge on any atom is 0.468 e. The van der Waals surface area contributed by atoms with E-state index in [9.17, 15) is 30.3 Å². The number of aromatic nitrogens is 6. The molecule has 0 fully saturated rings. The van der Waals surface area contributed by atoms with Gasteiger partial charge in [0.1, 0.15) is 5.10 Å². The van der Waals surface area contributed by atoms with Crippen molar-refractivity contribution in [3.63, 3.8) is 0 Å². The Bertz CT molecular complexity index is 958. The summed E-state index contributed by atoms with van der Waals surface area (Å²) in [6.45, 7) is -0.512. The van der Waals surface area contributed by atoms with Crippen LogP contribution in [0.15, 0.2) is 10.2 Å². The second-order valence-electron chi connectivity index (χ2n) is 4.01. The summed E-state index contributed by atoms with van der Waals surface area (Å²) in [7, 11) is 0. The lowest BCUT2D eigenvalue weighted by Gasteiger charge is -1.99. The van der Waals surface area contributed by atoms with Gasteiger partial charge in [-0.2, -0.15) is 9.90 Å². The Morgan fingerprint density at radius 1 is 1.20 bits per heavy atom. The van der Waals surface area contributed by atoms with Crippen LogP contribution in [0.2, 0.25) is 0 Å². The van der Waals surface area contributed by atoms with E-state index in [2.05, 4.69) is 35.8 Å². The van der Waals surface area contributed by atoms with E-state index in [1.165, 1.54) is 0 Å². The Morgan fingerprint density at radius 2 is 1.92 bits per heavy atom. The molecule has 1 N–H and O–H groups in total. The third-order valence-corrected chi connectivity index (χ3v) is 2.63. The van der Waals surface area contributed by atoms with Gasteiger partial charge in [0.25, 0.3) is 0 Å².